The zero-order chi connectivity index (χ0) is 16.1. The van der Waals surface area contributed by atoms with Gasteiger partial charge in [0.15, 0.2) is 0 Å². The SMILES string of the molecule is COc1cccc([C@H]2CCCN2C(=O)CCc2cnccn2)c1. The van der Waals surface area contributed by atoms with E-state index in [-0.39, 0.29) is 11.9 Å². The van der Waals surface area contributed by atoms with Crippen molar-refractivity contribution in [2.45, 2.75) is 31.7 Å². The van der Waals surface area contributed by atoms with Crippen LogP contribution in [-0.2, 0) is 11.2 Å². The Morgan fingerprint density at radius 1 is 1.39 bits per heavy atom. The quantitative estimate of drug-likeness (QED) is 0.852. The number of carbonyl (C=O) groups excluding carboxylic acids is 1. The summed E-state index contributed by atoms with van der Waals surface area (Å²) in [5.74, 6) is 1.02. The van der Waals surface area contributed by atoms with Gasteiger partial charge in [0.25, 0.3) is 0 Å². The Kier molecular flexibility index (Phi) is 4.86. The summed E-state index contributed by atoms with van der Waals surface area (Å²) in [7, 11) is 1.66. The number of rotatable bonds is 5. The summed E-state index contributed by atoms with van der Waals surface area (Å²) < 4.78 is 5.30. The van der Waals surface area contributed by atoms with Crippen LogP contribution in [0.4, 0.5) is 0 Å². The molecule has 0 saturated carbocycles. The van der Waals surface area contributed by atoms with Crippen LogP contribution in [0.2, 0.25) is 0 Å². The zero-order valence-electron chi connectivity index (χ0n) is 13.3. The topological polar surface area (TPSA) is 55.3 Å². The fraction of sp³-hybridized carbons (Fsp3) is 0.389. The Hall–Kier alpha value is -2.43. The largest absolute Gasteiger partial charge is 0.497 e. The van der Waals surface area contributed by atoms with Crippen LogP contribution >= 0.6 is 0 Å². The lowest BCUT2D eigenvalue weighted by Crippen LogP contribution is -2.30. The van der Waals surface area contributed by atoms with E-state index in [4.69, 9.17) is 4.74 Å². The molecule has 0 aliphatic carbocycles. The molecule has 0 bridgehead atoms. The fourth-order valence-corrected chi connectivity index (χ4v) is 3.10. The molecule has 23 heavy (non-hydrogen) atoms. The normalized spacial score (nSPS) is 17.3. The van der Waals surface area contributed by atoms with Crippen LogP contribution in [0, 0.1) is 0 Å². The van der Waals surface area contributed by atoms with Gasteiger partial charge in [-0.2, -0.15) is 0 Å². The molecule has 1 aliphatic rings. The first-order valence-electron chi connectivity index (χ1n) is 7.96. The van der Waals surface area contributed by atoms with Gasteiger partial charge >= 0.3 is 0 Å². The van der Waals surface area contributed by atoms with Gasteiger partial charge in [0.05, 0.1) is 18.8 Å². The van der Waals surface area contributed by atoms with Gasteiger partial charge in [-0.25, -0.2) is 0 Å². The van der Waals surface area contributed by atoms with Gasteiger partial charge in [0, 0.05) is 31.6 Å². The molecule has 5 nitrogen and oxygen atoms in total. The van der Waals surface area contributed by atoms with E-state index in [0.717, 1.165) is 36.4 Å². The molecule has 1 atom stereocenters. The number of aromatic nitrogens is 2. The second-order valence-electron chi connectivity index (χ2n) is 5.72. The number of hydrogen-bond acceptors (Lipinski definition) is 4. The molecule has 1 fully saturated rings. The van der Waals surface area contributed by atoms with Crippen molar-refractivity contribution in [3.8, 4) is 5.75 Å². The number of hydrogen-bond donors (Lipinski definition) is 0. The highest BCUT2D eigenvalue weighted by Gasteiger charge is 2.29. The second kappa shape index (κ2) is 7.22. The summed E-state index contributed by atoms with van der Waals surface area (Å²) in [6, 6.07) is 8.16. The monoisotopic (exact) mass is 311 g/mol. The highest BCUT2D eigenvalue weighted by atomic mass is 16.5. The Morgan fingerprint density at radius 3 is 3.09 bits per heavy atom. The van der Waals surface area contributed by atoms with E-state index in [9.17, 15) is 4.79 Å². The van der Waals surface area contributed by atoms with Gasteiger partial charge in [0.2, 0.25) is 5.91 Å². The van der Waals surface area contributed by atoms with Gasteiger partial charge < -0.3 is 9.64 Å². The minimum atomic E-state index is 0.152. The molecule has 1 aromatic heterocycles. The van der Waals surface area contributed by atoms with Crippen molar-refractivity contribution in [2.24, 2.45) is 0 Å². The highest BCUT2D eigenvalue weighted by molar-refractivity contribution is 5.77. The lowest BCUT2D eigenvalue weighted by molar-refractivity contribution is -0.132. The third-order valence-electron chi connectivity index (χ3n) is 4.26. The average Bonchev–Trinajstić information content (AvgIpc) is 3.10. The number of amides is 1. The van der Waals surface area contributed by atoms with Gasteiger partial charge in [-0.05, 0) is 37.0 Å². The van der Waals surface area contributed by atoms with E-state index < -0.39 is 0 Å². The van der Waals surface area contributed by atoms with Gasteiger partial charge in [-0.3, -0.25) is 14.8 Å². The minimum Gasteiger partial charge on any atom is -0.497 e. The minimum absolute atomic E-state index is 0.152. The van der Waals surface area contributed by atoms with Crippen LogP contribution in [0.5, 0.6) is 5.75 Å². The van der Waals surface area contributed by atoms with Gasteiger partial charge in [0.1, 0.15) is 5.75 Å². The average molecular weight is 311 g/mol. The van der Waals surface area contributed by atoms with Crippen molar-refractivity contribution >= 4 is 5.91 Å². The Balaban J connectivity index is 1.67. The molecular weight excluding hydrogens is 290 g/mol. The van der Waals surface area contributed by atoms with Crippen molar-refractivity contribution in [2.75, 3.05) is 13.7 Å². The Morgan fingerprint density at radius 2 is 2.30 bits per heavy atom. The molecule has 0 N–H and O–H groups in total. The first-order chi connectivity index (χ1) is 11.3. The van der Waals surface area contributed by atoms with Crippen molar-refractivity contribution in [1.29, 1.82) is 0 Å². The van der Waals surface area contributed by atoms with Crippen LogP contribution in [0.3, 0.4) is 0 Å². The summed E-state index contributed by atoms with van der Waals surface area (Å²) >= 11 is 0. The molecule has 1 saturated heterocycles. The number of nitrogens with zero attached hydrogens (tertiary/aromatic N) is 3. The molecule has 1 aromatic carbocycles. The van der Waals surface area contributed by atoms with Gasteiger partial charge in [-0.1, -0.05) is 12.1 Å². The van der Waals surface area contributed by atoms with Gasteiger partial charge in [-0.15, -0.1) is 0 Å². The van der Waals surface area contributed by atoms with Crippen LogP contribution < -0.4 is 4.74 Å². The molecule has 5 heteroatoms. The van der Waals surface area contributed by atoms with E-state index in [1.54, 1.807) is 25.7 Å². The maximum absolute atomic E-state index is 12.6. The first-order valence-corrected chi connectivity index (χ1v) is 7.96. The number of benzene rings is 1. The predicted molar refractivity (Wildman–Crippen MR) is 87.0 cm³/mol. The molecule has 2 heterocycles. The molecule has 0 spiro atoms. The first kappa shape index (κ1) is 15.5. The number of carbonyl (C=O) groups is 1. The van der Waals surface area contributed by atoms with Crippen molar-refractivity contribution < 1.29 is 9.53 Å². The standard InChI is InChI=1S/C18H21N3O2/c1-23-16-5-2-4-14(12-16)17-6-3-11-21(17)18(22)8-7-15-13-19-9-10-20-15/h2,4-5,9-10,12-13,17H,3,6-8,11H2,1H3/t17-/m1/s1. The summed E-state index contributed by atoms with van der Waals surface area (Å²) in [6.45, 7) is 0.821. The summed E-state index contributed by atoms with van der Waals surface area (Å²) in [6.07, 6.45) is 8.17. The van der Waals surface area contributed by atoms with E-state index in [1.165, 1.54) is 0 Å². The third-order valence-corrected chi connectivity index (χ3v) is 4.26. The molecule has 2 aromatic rings. The van der Waals surface area contributed by atoms with E-state index in [2.05, 4.69) is 16.0 Å². The van der Waals surface area contributed by atoms with Crippen LogP contribution in [0.15, 0.2) is 42.9 Å². The lowest BCUT2D eigenvalue weighted by atomic mass is 10.0. The predicted octanol–water partition coefficient (Wildman–Crippen LogP) is 2.78. The maximum atomic E-state index is 12.6. The number of methoxy groups -OCH3 is 1. The van der Waals surface area contributed by atoms with Crippen LogP contribution in [0.1, 0.15) is 36.6 Å². The molecule has 0 unspecified atom stereocenters. The Labute approximate surface area is 136 Å². The van der Waals surface area contributed by atoms with E-state index in [0.29, 0.717) is 12.8 Å². The maximum Gasteiger partial charge on any atom is 0.223 e. The molecule has 0 radical (unpaired) electrons. The molecular formula is C18H21N3O2. The van der Waals surface area contributed by atoms with Crippen LogP contribution in [0.25, 0.3) is 0 Å². The fourth-order valence-electron chi connectivity index (χ4n) is 3.10. The second-order valence-corrected chi connectivity index (χ2v) is 5.72. The summed E-state index contributed by atoms with van der Waals surface area (Å²) in [5.41, 5.74) is 2.01. The lowest BCUT2D eigenvalue weighted by Gasteiger charge is -2.25. The number of aryl methyl sites for hydroxylation is 1. The van der Waals surface area contributed by atoms with Crippen LogP contribution in [-0.4, -0.2) is 34.4 Å². The number of ether oxygens (including phenoxy) is 1. The molecule has 3 rings (SSSR count). The van der Waals surface area contributed by atoms with Crippen molar-refractivity contribution in [3.05, 3.63) is 54.1 Å². The van der Waals surface area contributed by atoms with Crippen molar-refractivity contribution in [1.82, 2.24) is 14.9 Å². The summed E-state index contributed by atoms with van der Waals surface area (Å²) in [4.78, 5) is 22.9. The molecule has 1 aliphatic heterocycles. The van der Waals surface area contributed by atoms with E-state index >= 15 is 0 Å². The highest BCUT2D eigenvalue weighted by Crippen LogP contribution is 2.33. The molecule has 1 amide bonds. The number of likely N-dealkylation sites (tertiary alicyclic amines) is 1. The smallest absolute Gasteiger partial charge is 0.223 e. The van der Waals surface area contributed by atoms with E-state index in [1.807, 2.05) is 23.1 Å². The summed E-state index contributed by atoms with van der Waals surface area (Å²) in [5, 5.41) is 0. The Bertz CT molecular complexity index is 660. The zero-order valence-corrected chi connectivity index (χ0v) is 13.3. The third kappa shape index (κ3) is 3.67. The van der Waals surface area contributed by atoms with Crippen molar-refractivity contribution in [3.63, 3.8) is 0 Å². The molecule has 120 valence electrons.